The molecule has 0 aliphatic carbocycles. The number of rotatable bonds is 5. The summed E-state index contributed by atoms with van der Waals surface area (Å²) in [6, 6.07) is 2.21. The van der Waals surface area contributed by atoms with Crippen LogP contribution in [0, 0.1) is 25.2 Å². The van der Waals surface area contributed by atoms with Gasteiger partial charge in [0.25, 0.3) is 0 Å². The van der Waals surface area contributed by atoms with Crippen LogP contribution in [0.5, 0.6) is 0 Å². The maximum absolute atomic E-state index is 9.27. The molecule has 0 radical (unpaired) electrons. The summed E-state index contributed by atoms with van der Waals surface area (Å²) in [6.07, 6.45) is 0.00447. The minimum atomic E-state index is 0.00447. The van der Waals surface area contributed by atoms with Gasteiger partial charge in [-0.05, 0) is 26.3 Å². The van der Waals surface area contributed by atoms with Crippen molar-refractivity contribution >= 4 is 23.1 Å². The van der Waals surface area contributed by atoms with Crippen LogP contribution in [0.3, 0.4) is 0 Å². The Kier molecular flexibility index (Phi) is 5.28. The Labute approximate surface area is 132 Å². The molecule has 2 aromatic rings. The van der Waals surface area contributed by atoms with Crippen LogP contribution in [0.25, 0.3) is 0 Å². The first-order valence-electron chi connectivity index (χ1n) is 6.40. The molecule has 0 spiro atoms. The van der Waals surface area contributed by atoms with Crippen molar-refractivity contribution in [3.05, 3.63) is 32.9 Å². The van der Waals surface area contributed by atoms with Crippen LogP contribution in [-0.4, -0.2) is 22.3 Å². The van der Waals surface area contributed by atoms with Gasteiger partial charge >= 0.3 is 0 Å². The van der Waals surface area contributed by atoms with Crippen molar-refractivity contribution in [2.45, 2.75) is 37.7 Å². The number of thiazole rings is 1. The van der Waals surface area contributed by atoms with Gasteiger partial charge in [-0.1, -0.05) is 11.8 Å². The van der Waals surface area contributed by atoms with Crippen LogP contribution in [0.2, 0.25) is 0 Å². The number of thioether (sulfide) groups is 1. The highest BCUT2D eigenvalue weighted by atomic mass is 32.2. The van der Waals surface area contributed by atoms with E-state index in [1.807, 2.05) is 26.2 Å². The van der Waals surface area contributed by atoms with Crippen LogP contribution in [0.15, 0.2) is 10.4 Å². The zero-order valence-electron chi connectivity index (χ0n) is 12.4. The summed E-state index contributed by atoms with van der Waals surface area (Å²) in [4.78, 5) is 4.53. The first kappa shape index (κ1) is 15.9. The van der Waals surface area contributed by atoms with Crippen molar-refractivity contribution in [1.29, 1.82) is 5.26 Å². The van der Waals surface area contributed by atoms with Crippen LogP contribution < -0.4 is 0 Å². The van der Waals surface area contributed by atoms with Gasteiger partial charge in [-0.2, -0.15) is 10.4 Å². The average Bonchev–Trinajstić information content (AvgIpc) is 2.96. The lowest BCUT2D eigenvalue weighted by Crippen LogP contribution is -1.99. The fourth-order valence-electron chi connectivity index (χ4n) is 1.64. The van der Waals surface area contributed by atoms with E-state index in [0.717, 1.165) is 22.0 Å². The Balaban J connectivity index is 2.12. The number of nitriles is 1. The van der Waals surface area contributed by atoms with Crippen molar-refractivity contribution in [2.24, 2.45) is 0 Å². The Morgan fingerprint density at radius 2 is 2.19 bits per heavy atom. The maximum atomic E-state index is 9.27. The van der Waals surface area contributed by atoms with Crippen LogP contribution in [0.1, 0.15) is 40.6 Å². The number of nitrogens with zero attached hydrogens (tertiary/aromatic N) is 4. The van der Waals surface area contributed by atoms with Crippen molar-refractivity contribution < 1.29 is 4.74 Å². The molecule has 0 aromatic carbocycles. The summed E-state index contributed by atoms with van der Waals surface area (Å²) in [5.74, 6) is 0.665. The first-order chi connectivity index (χ1) is 10.1. The van der Waals surface area contributed by atoms with E-state index in [1.165, 1.54) is 11.8 Å². The van der Waals surface area contributed by atoms with Gasteiger partial charge in [0, 0.05) is 18.2 Å². The minimum Gasteiger partial charge on any atom is -0.375 e. The lowest BCUT2D eigenvalue weighted by molar-refractivity contribution is 0.119. The lowest BCUT2D eigenvalue weighted by Gasteiger charge is -2.06. The molecule has 1 atom stereocenters. The highest BCUT2D eigenvalue weighted by Crippen LogP contribution is 2.28. The lowest BCUT2D eigenvalue weighted by atomic mass is 10.1. The third-order valence-corrected chi connectivity index (χ3v) is 5.22. The van der Waals surface area contributed by atoms with E-state index in [4.69, 9.17) is 4.74 Å². The molecule has 0 aliphatic rings. The molecule has 0 bridgehead atoms. The second-order valence-electron chi connectivity index (χ2n) is 4.55. The number of ether oxygens (including phenoxy) is 1. The molecule has 2 heterocycles. The molecule has 110 valence electrons. The predicted molar refractivity (Wildman–Crippen MR) is 83.3 cm³/mol. The zero-order chi connectivity index (χ0) is 15.4. The van der Waals surface area contributed by atoms with Gasteiger partial charge in [-0.3, -0.25) is 0 Å². The number of aryl methyl sites for hydroxylation is 1. The molecule has 0 N–H and O–H groups in total. The molecule has 5 nitrogen and oxygen atoms in total. The SMILES string of the molecule is CO[C@@H](C)c1nc(CSc2nnc(C)c(C)c2C#N)cs1. The molecule has 0 saturated heterocycles. The van der Waals surface area contributed by atoms with E-state index in [-0.39, 0.29) is 6.10 Å². The second kappa shape index (κ2) is 6.98. The average molecular weight is 320 g/mol. The summed E-state index contributed by atoms with van der Waals surface area (Å²) < 4.78 is 5.25. The van der Waals surface area contributed by atoms with Crippen LogP contribution in [0.4, 0.5) is 0 Å². The summed E-state index contributed by atoms with van der Waals surface area (Å²) in [5, 5.41) is 21.1. The molecule has 0 unspecified atom stereocenters. The number of hydrogen-bond donors (Lipinski definition) is 0. The molecule has 0 amide bonds. The Hall–Kier alpha value is -1.49. The standard InChI is InChI=1S/C14H16N4OS2/c1-8-9(2)17-18-14(12(8)5-15)21-7-11-6-20-13(16-11)10(3)19-4/h6,10H,7H2,1-4H3/t10-/m0/s1. The fourth-order valence-corrected chi connectivity index (χ4v) is 3.47. The number of methoxy groups -OCH3 is 1. The Morgan fingerprint density at radius 3 is 2.86 bits per heavy atom. The molecule has 7 heteroatoms. The molecule has 0 saturated carbocycles. The van der Waals surface area contributed by atoms with Gasteiger partial charge in [-0.15, -0.1) is 16.4 Å². The second-order valence-corrected chi connectivity index (χ2v) is 6.40. The number of hydrogen-bond acceptors (Lipinski definition) is 7. The normalized spacial score (nSPS) is 12.1. The molecule has 2 aromatic heterocycles. The highest BCUT2D eigenvalue weighted by molar-refractivity contribution is 7.98. The monoisotopic (exact) mass is 320 g/mol. The van der Waals surface area contributed by atoms with Crippen LogP contribution >= 0.6 is 23.1 Å². The largest absolute Gasteiger partial charge is 0.375 e. The van der Waals surface area contributed by atoms with Crippen molar-refractivity contribution in [2.75, 3.05) is 7.11 Å². The highest BCUT2D eigenvalue weighted by Gasteiger charge is 2.13. The molecular formula is C14H16N4OS2. The van der Waals surface area contributed by atoms with Gasteiger partial charge < -0.3 is 4.74 Å². The van der Waals surface area contributed by atoms with Gasteiger partial charge in [0.2, 0.25) is 0 Å². The van der Waals surface area contributed by atoms with E-state index >= 15 is 0 Å². The van der Waals surface area contributed by atoms with E-state index < -0.39 is 0 Å². The quantitative estimate of drug-likeness (QED) is 0.786. The van der Waals surface area contributed by atoms with E-state index in [2.05, 4.69) is 21.3 Å². The predicted octanol–water partition coefficient (Wildman–Crippen LogP) is 3.42. The minimum absolute atomic E-state index is 0.00447. The van der Waals surface area contributed by atoms with Gasteiger partial charge in [-0.25, -0.2) is 4.98 Å². The third kappa shape index (κ3) is 3.59. The third-order valence-electron chi connectivity index (χ3n) is 3.16. The summed E-state index contributed by atoms with van der Waals surface area (Å²) >= 11 is 3.07. The van der Waals surface area contributed by atoms with Gasteiger partial charge in [0.05, 0.1) is 17.0 Å². The van der Waals surface area contributed by atoms with Crippen molar-refractivity contribution in [3.8, 4) is 6.07 Å². The Bertz CT molecular complexity index is 678. The number of aromatic nitrogens is 3. The Morgan fingerprint density at radius 1 is 1.43 bits per heavy atom. The smallest absolute Gasteiger partial charge is 0.137 e. The zero-order valence-corrected chi connectivity index (χ0v) is 14.0. The maximum Gasteiger partial charge on any atom is 0.137 e. The molecule has 0 aliphatic heterocycles. The van der Waals surface area contributed by atoms with Gasteiger partial charge in [0.15, 0.2) is 0 Å². The summed E-state index contributed by atoms with van der Waals surface area (Å²) in [5.41, 5.74) is 3.25. The molecule has 0 fully saturated rings. The van der Waals surface area contributed by atoms with E-state index in [0.29, 0.717) is 16.3 Å². The summed E-state index contributed by atoms with van der Waals surface area (Å²) in [6.45, 7) is 5.72. The van der Waals surface area contributed by atoms with Gasteiger partial charge in [0.1, 0.15) is 22.2 Å². The van der Waals surface area contributed by atoms with Crippen molar-refractivity contribution in [1.82, 2.24) is 15.2 Å². The molecule has 21 heavy (non-hydrogen) atoms. The molecular weight excluding hydrogens is 304 g/mol. The van der Waals surface area contributed by atoms with E-state index in [1.54, 1.807) is 18.4 Å². The van der Waals surface area contributed by atoms with Crippen molar-refractivity contribution in [3.63, 3.8) is 0 Å². The summed E-state index contributed by atoms with van der Waals surface area (Å²) in [7, 11) is 1.67. The first-order valence-corrected chi connectivity index (χ1v) is 8.27. The van der Waals surface area contributed by atoms with Crippen LogP contribution in [-0.2, 0) is 10.5 Å². The fraction of sp³-hybridized carbons (Fsp3) is 0.429. The topological polar surface area (TPSA) is 71.7 Å². The molecule has 2 rings (SSSR count). The van der Waals surface area contributed by atoms with E-state index in [9.17, 15) is 5.26 Å².